The lowest BCUT2D eigenvalue weighted by atomic mass is 9.91. The molecule has 0 saturated heterocycles. The third kappa shape index (κ3) is 4.00. The highest BCUT2D eigenvalue weighted by molar-refractivity contribution is 4.89. The minimum absolute atomic E-state index is 0.268. The molecule has 0 spiro atoms. The summed E-state index contributed by atoms with van der Waals surface area (Å²) in [4.78, 5) is 2.63. The quantitative estimate of drug-likeness (QED) is 0.663. The van der Waals surface area contributed by atoms with Crippen molar-refractivity contribution < 1.29 is 0 Å². The highest BCUT2D eigenvalue weighted by Gasteiger charge is 2.33. The molecule has 0 aromatic heterocycles. The molecule has 0 heterocycles. The third-order valence-electron chi connectivity index (χ3n) is 2.95. The van der Waals surface area contributed by atoms with Crippen molar-refractivity contribution in [2.45, 2.75) is 72.9 Å². The molecule has 0 unspecified atom stereocenters. The molecular weight excluding hydrogens is 170 g/mol. The van der Waals surface area contributed by atoms with Crippen molar-refractivity contribution in [1.29, 1.82) is 0 Å². The molecule has 0 aliphatic carbocycles. The zero-order valence-electron chi connectivity index (χ0n) is 11.4. The van der Waals surface area contributed by atoms with Crippen LogP contribution in [0, 0.1) is 5.92 Å². The van der Waals surface area contributed by atoms with Gasteiger partial charge in [-0.2, -0.15) is 0 Å². The molecule has 0 rings (SSSR count). The van der Waals surface area contributed by atoms with E-state index in [1.165, 1.54) is 13.0 Å². The Morgan fingerprint density at radius 3 is 1.64 bits per heavy atom. The Morgan fingerprint density at radius 1 is 1.00 bits per heavy atom. The summed E-state index contributed by atoms with van der Waals surface area (Å²) in [5, 5.41) is 0. The second kappa shape index (κ2) is 4.65. The van der Waals surface area contributed by atoms with E-state index in [9.17, 15) is 0 Å². The van der Waals surface area contributed by atoms with E-state index in [0.29, 0.717) is 5.54 Å². The van der Waals surface area contributed by atoms with Gasteiger partial charge in [0.1, 0.15) is 0 Å². The van der Waals surface area contributed by atoms with Crippen molar-refractivity contribution in [2.75, 3.05) is 6.54 Å². The molecular formula is C13H29N. The summed E-state index contributed by atoms with van der Waals surface area (Å²) in [6.07, 6.45) is 1.21. The lowest BCUT2D eigenvalue weighted by Crippen LogP contribution is -2.55. The fourth-order valence-corrected chi connectivity index (χ4v) is 1.98. The van der Waals surface area contributed by atoms with Crippen LogP contribution in [0.3, 0.4) is 0 Å². The predicted octanol–water partition coefficient (Wildman–Crippen LogP) is 3.93. The average molecular weight is 199 g/mol. The molecule has 0 aromatic carbocycles. The van der Waals surface area contributed by atoms with Crippen LogP contribution in [0.25, 0.3) is 0 Å². The van der Waals surface area contributed by atoms with Gasteiger partial charge in [-0.05, 0) is 47.0 Å². The van der Waals surface area contributed by atoms with E-state index in [0.717, 1.165) is 5.92 Å². The van der Waals surface area contributed by atoms with Crippen LogP contribution < -0.4 is 0 Å². The van der Waals surface area contributed by atoms with Crippen LogP contribution in [-0.2, 0) is 0 Å². The average Bonchev–Trinajstić information content (AvgIpc) is 1.98. The highest BCUT2D eigenvalue weighted by atomic mass is 15.2. The van der Waals surface area contributed by atoms with E-state index in [-0.39, 0.29) is 5.54 Å². The maximum absolute atomic E-state index is 2.63. The first-order chi connectivity index (χ1) is 6.11. The standard InChI is InChI=1S/C13H29N/c1-9-13(7,8)14(10-11(2)3)12(4,5)6/h11H,9-10H2,1-8H3. The Balaban J connectivity index is 4.73. The number of rotatable bonds is 4. The monoisotopic (exact) mass is 199 g/mol. The normalized spacial score (nSPS) is 14.1. The molecule has 0 aromatic rings. The molecule has 86 valence electrons. The Bertz CT molecular complexity index is 163. The van der Waals surface area contributed by atoms with Crippen LogP contribution in [0.1, 0.15) is 61.8 Å². The summed E-state index contributed by atoms with van der Waals surface area (Å²) in [5.74, 6) is 0.736. The molecule has 0 amide bonds. The first-order valence-corrected chi connectivity index (χ1v) is 5.89. The minimum Gasteiger partial charge on any atom is -0.293 e. The van der Waals surface area contributed by atoms with Crippen LogP contribution >= 0.6 is 0 Å². The summed E-state index contributed by atoms with van der Waals surface area (Å²) in [7, 11) is 0. The molecule has 0 aliphatic heterocycles. The minimum atomic E-state index is 0.268. The van der Waals surface area contributed by atoms with E-state index in [2.05, 4.69) is 60.3 Å². The Labute approximate surface area is 90.9 Å². The molecule has 0 saturated carbocycles. The van der Waals surface area contributed by atoms with Crippen LogP contribution in [0.4, 0.5) is 0 Å². The van der Waals surface area contributed by atoms with Gasteiger partial charge in [0.15, 0.2) is 0 Å². The van der Waals surface area contributed by atoms with Crippen molar-refractivity contribution in [3.8, 4) is 0 Å². The Hall–Kier alpha value is -0.0400. The second-order valence-corrected chi connectivity index (χ2v) is 6.34. The van der Waals surface area contributed by atoms with E-state index in [4.69, 9.17) is 0 Å². The summed E-state index contributed by atoms with van der Waals surface area (Å²) < 4.78 is 0. The highest BCUT2D eigenvalue weighted by Crippen LogP contribution is 2.28. The van der Waals surface area contributed by atoms with Crippen molar-refractivity contribution in [1.82, 2.24) is 4.90 Å². The smallest absolute Gasteiger partial charge is 0.0155 e. The van der Waals surface area contributed by atoms with Gasteiger partial charge in [-0.1, -0.05) is 20.8 Å². The molecule has 0 N–H and O–H groups in total. The molecule has 14 heavy (non-hydrogen) atoms. The molecule has 0 bridgehead atoms. The fourth-order valence-electron chi connectivity index (χ4n) is 1.98. The fraction of sp³-hybridized carbons (Fsp3) is 1.00. The van der Waals surface area contributed by atoms with E-state index in [1.807, 2.05) is 0 Å². The number of hydrogen-bond acceptors (Lipinski definition) is 1. The van der Waals surface area contributed by atoms with Crippen molar-refractivity contribution >= 4 is 0 Å². The van der Waals surface area contributed by atoms with Crippen LogP contribution in [0.2, 0.25) is 0 Å². The van der Waals surface area contributed by atoms with E-state index < -0.39 is 0 Å². The molecule has 0 radical (unpaired) electrons. The Morgan fingerprint density at radius 2 is 1.43 bits per heavy atom. The SMILES string of the molecule is CCC(C)(C)N(CC(C)C)C(C)(C)C. The van der Waals surface area contributed by atoms with Gasteiger partial charge in [-0.15, -0.1) is 0 Å². The summed E-state index contributed by atoms with van der Waals surface area (Å²) in [6.45, 7) is 19.7. The van der Waals surface area contributed by atoms with Crippen molar-refractivity contribution in [2.24, 2.45) is 5.92 Å². The van der Waals surface area contributed by atoms with Gasteiger partial charge in [0.2, 0.25) is 0 Å². The zero-order chi connectivity index (χ0) is 11.6. The number of hydrogen-bond donors (Lipinski definition) is 0. The van der Waals surface area contributed by atoms with Gasteiger partial charge in [0.05, 0.1) is 0 Å². The van der Waals surface area contributed by atoms with Gasteiger partial charge in [-0.25, -0.2) is 0 Å². The molecule has 1 nitrogen and oxygen atoms in total. The first kappa shape index (κ1) is 14.0. The van der Waals surface area contributed by atoms with Crippen LogP contribution in [0.5, 0.6) is 0 Å². The van der Waals surface area contributed by atoms with Gasteiger partial charge in [0, 0.05) is 17.6 Å². The maximum atomic E-state index is 2.63. The van der Waals surface area contributed by atoms with Gasteiger partial charge >= 0.3 is 0 Å². The number of nitrogens with zero attached hydrogens (tertiary/aromatic N) is 1. The van der Waals surface area contributed by atoms with E-state index >= 15 is 0 Å². The van der Waals surface area contributed by atoms with Crippen molar-refractivity contribution in [3.05, 3.63) is 0 Å². The maximum Gasteiger partial charge on any atom is 0.0155 e. The Kier molecular flexibility index (Phi) is 4.64. The summed E-state index contributed by atoms with van der Waals surface area (Å²) >= 11 is 0. The molecule has 0 atom stereocenters. The first-order valence-electron chi connectivity index (χ1n) is 5.89. The van der Waals surface area contributed by atoms with Gasteiger partial charge < -0.3 is 0 Å². The predicted molar refractivity (Wildman–Crippen MR) is 65.7 cm³/mol. The van der Waals surface area contributed by atoms with Crippen molar-refractivity contribution in [3.63, 3.8) is 0 Å². The van der Waals surface area contributed by atoms with Gasteiger partial charge in [0.25, 0.3) is 0 Å². The van der Waals surface area contributed by atoms with Crippen LogP contribution in [0.15, 0.2) is 0 Å². The molecule has 0 aliphatic rings. The zero-order valence-corrected chi connectivity index (χ0v) is 11.4. The summed E-state index contributed by atoms with van der Waals surface area (Å²) in [6, 6.07) is 0. The van der Waals surface area contributed by atoms with Crippen LogP contribution in [-0.4, -0.2) is 22.5 Å². The van der Waals surface area contributed by atoms with Gasteiger partial charge in [-0.3, -0.25) is 4.90 Å². The lowest BCUT2D eigenvalue weighted by molar-refractivity contribution is 0.0136. The molecule has 1 heteroatoms. The molecule has 0 fully saturated rings. The van der Waals surface area contributed by atoms with E-state index in [1.54, 1.807) is 0 Å². The second-order valence-electron chi connectivity index (χ2n) is 6.34. The summed E-state index contributed by atoms with van der Waals surface area (Å²) in [5.41, 5.74) is 0.576. The lowest BCUT2D eigenvalue weighted by Gasteiger charge is -2.48. The third-order valence-corrected chi connectivity index (χ3v) is 2.95. The largest absolute Gasteiger partial charge is 0.293 e. The topological polar surface area (TPSA) is 3.24 Å².